The number of aliphatic hydroxyl groups is 1. The van der Waals surface area contributed by atoms with Gasteiger partial charge < -0.3 is 15.4 Å². The standard InChI is InChI=1S/C17H23FN2O2/c1-11(21)8-17(2,3)10-20-16(22)6-12-9-19-15-7-13(18)4-5-14(12)15/h4-5,7,9,11,19,21H,6,8,10H2,1-3H3,(H,20,22). The molecule has 1 heterocycles. The number of benzene rings is 1. The summed E-state index contributed by atoms with van der Waals surface area (Å²) < 4.78 is 13.1. The molecule has 1 atom stereocenters. The fraction of sp³-hybridized carbons (Fsp3) is 0.471. The lowest BCUT2D eigenvalue weighted by Gasteiger charge is -2.26. The number of aromatic amines is 1. The Morgan fingerprint density at radius 2 is 2.18 bits per heavy atom. The minimum atomic E-state index is -0.393. The van der Waals surface area contributed by atoms with Crippen LogP contribution in [0, 0.1) is 11.2 Å². The van der Waals surface area contributed by atoms with E-state index in [0.717, 1.165) is 10.9 Å². The van der Waals surface area contributed by atoms with Gasteiger partial charge in [0, 0.05) is 23.6 Å². The largest absolute Gasteiger partial charge is 0.393 e. The number of nitrogens with one attached hydrogen (secondary N) is 2. The van der Waals surface area contributed by atoms with Crippen LogP contribution in [0.15, 0.2) is 24.4 Å². The maximum absolute atomic E-state index is 13.1. The van der Waals surface area contributed by atoms with Crippen molar-refractivity contribution >= 4 is 16.8 Å². The number of H-pyrrole nitrogens is 1. The van der Waals surface area contributed by atoms with Gasteiger partial charge in [0.15, 0.2) is 0 Å². The second-order valence-corrected chi connectivity index (χ2v) is 6.67. The van der Waals surface area contributed by atoms with Crippen molar-refractivity contribution in [1.82, 2.24) is 10.3 Å². The first-order valence-electron chi connectivity index (χ1n) is 7.47. The van der Waals surface area contributed by atoms with E-state index in [1.807, 2.05) is 13.8 Å². The third-order valence-corrected chi connectivity index (χ3v) is 3.69. The number of halogens is 1. The lowest BCUT2D eigenvalue weighted by molar-refractivity contribution is -0.121. The minimum absolute atomic E-state index is 0.0797. The van der Waals surface area contributed by atoms with Crippen molar-refractivity contribution in [3.8, 4) is 0 Å². The quantitative estimate of drug-likeness (QED) is 0.768. The fourth-order valence-corrected chi connectivity index (χ4v) is 2.75. The second-order valence-electron chi connectivity index (χ2n) is 6.67. The molecule has 1 unspecified atom stereocenters. The van der Waals surface area contributed by atoms with Crippen molar-refractivity contribution in [2.75, 3.05) is 6.54 Å². The summed E-state index contributed by atoms with van der Waals surface area (Å²) in [5, 5.41) is 13.2. The second kappa shape index (κ2) is 6.48. The first-order chi connectivity index (χ1) is 10.3. The molecule has 4 nitrogen and oxygen atoms in total. The molecule has 2 rings (SSSR count). The van der Waals surface area contributed by atoms with Crippen LogP contribution in [0.4, 0.5) is 4.39 Å². The van der Waals surface area contributed by atoms with Crippen molar-refractivity contribution in [2.24, 2.45) is 5.41 Å². The highest BCUT2D eigenvalue weighted by Gasteiger charge is 2.21. The van der Waals surface area contributed by atoms with E-state index in [0.29, 0.717) is 18.5 Å². The summed E-state index contributed by atoms with van der Waals surface area (Å²) in [7, 11) is 0. The molecule has 1 aromatic heterocycles. The maximum Gasteiger partial charge on any atom is 0.224 e. The lowest BCUT2D eigenvalue weighted by atomic mass is 9.87. The number of fused-ring (bicyclic) bond motifs is 1. The van der Waals surface area contributed by atoms with Crippen LogP contribution in [0.25, 0.3) is 10.9 Å². The van der Waals surface area contributed by atoms with Crippen molar-refractivity contribution in [3.63, 3.8) is 0 Å². The first-order valence-corrected chi connectivity index (χ1v) is 7.47. The van der Waals surface area contributed by atoms with Crippen molar-refractivity contribution in [2.45, 2.75) is 39.7 Å². The fourth-order valence-electron chi connectivity index (χ4n) is 2.75. The highest BCUT2D eigenvalue weighted by atomic mass is 19.1. The highest BCUT2D eigenvalue weighted by molar-refractivity contribution is 5.88. The average Bonchev–Trinajstić information content (AvgIpc) is 2.77. The number of rotatable bonds is 6. The third kappa shape index (κ3) is 4.31. The zero-order valence-electron chi connectivity index (χ0n) is 13.2. The van der Waals surface area contributed by atoms with Crippen LogP contribution < -0.4 is 5.32 Å². The molecule has 22 heavy (non-hydrogen) atoms. The lowest BCUT2D eigenvalue weighted by Crippen LogP contribution is -2.36. The Kier molecular flexibility index (Phi) is 4.86. The van der Waals surface area contributed by atoms with Gasteiger partial charge in [-0.05, 0) is 42.5 Å². The van der Waals surface area contributed by atoms with E-state index in [1.54, 1.807) is 19.2 Å². The number of aliphatic hydroxyl groups excluding tert-OH is 1. The van der Waals surface area contributed by atoms with Crippen molar-refractivity contribution in [3.05, 3.63) is 35.8 Å². The van der Waals surface area contributed by atoms with Gasteiger partial charge in [-0.25, -0.2) is 4.39 Å². The van der Waals surface area contributed by atoms with E-state index in [-0.39, 0.29) is 23.6 Å². The monoisotopic (exact) mass is 306 g/mol. The molecule has 3 N–H and O–H groups in total. The minimum Gasteiger partial charge on any atom is -0.393 e. The summed E-state index contributed by atoms with van der Waals surface area (Å²) >= 11 is 0. The third-order valence-electron chi connectivity index (χ3n) is 3.69. The first kappa shape index (κ1) is 16.5. The molecule has 2 aromatic rings. The summed E-state index contributed by atoms with van der Waals surface area (Å²) in [5.41, 5.74) is 1.38. The van der Waals surface area contributed by atoms with E-state index < -0.39 is 6.10 Å². The molecule has 0 saturated carbocycles. The number of carbonyl (C=O) groups excluding carboxylic acids is 1. The van der Waals surface area contributed by atoms with Crippen LogP contribution in [0.1, 0.15) is 32.8 Å². The molecule has 5 heteroatoms. The molecule has 1 amide bonds. The molecule has 0 spiro atoms. The van der Waals surface area contributed by atoms with Crippen LogP contribution in [0.3, 0.4) is 0 Å². The molecule has 120 valence electrons. The van der Waals surface area contributed by atoms with Crippen LogP contribution in [-0.2, 0) is 11.2 Å². The SMILES string of the molecule is CC(O)CC(C)(C)CNC(=O)Cc1c[nH]c2cc(F)ccc12. The summed E-state index contributed by atoms with van der Waals surface area (Å²) in [6.07, 6.45) is 2.22. The number of hydrogen-bond acceptors (Lipinski definition) is 2. The van der Waals surface area contributed by atoms with Crippen molar-refractivity contribution < 1.29 is 14.3 Å². The average molecular weight is 306 g/mol. The Labute approximate surface area is 129 Å². The molecule has 0 aliphatic rings. The predicted octanol–water partition coefficient (Wildman–Crippen LogP) is 2.76. The number of amides is 1. The summed E-state index contributed by atoms with van der Waals surface area (Å²) in [6.45, 7) is 6.27. The summed E-state index contributed by atoms with van der Waals surface area (Å²) in [5.74, 6) is -0.380. The zero-order valence-corrected chi connectivity index (χ0v) is 13.2. The summed E-state index contributed by atoms with van der Waals surface area (Å²) in [4.78, 5) is 15.1. The van der Waals surface area contributed by atoms with Crippen LogP contribution in [-0.4, -0.2) is 28.6 Å². The Morgan fingerprint density at radius 1 is 1.45 bits per heavy atom. The van der Waals surface area contributed by atoms with Gasteiger partial charge in [-0.15, -0.1) is 0 Å². The molecule has 0 aliphatic heterocycles. The van der Waals surface area contributed by atoms with Gasteiger partial charge in [0.2, 0.25) is 5.91 Å². The van der Waals surface area contributed by atoms with Crippen molar-refractivity contribution in [1.29, 1.82) is 0 Å². The highest BCUT2D eigenvalue weighted by Crippen LogP contribution is 2.22. The molecule has 0 fully saturated rings. The number of aromatic nitrogens is 1. The molecular weight excluding hydrogens is 283 g/mol. The van der Waals surface area contributed by atoms with Gasteiger partial charge in [0.25, 0.3) is 0 Å². The van der Waals surface area contributed by atoms with Gasteiger partial charge in [0.1, 0.15) is 5.82 Å². The van der Waals surface area contributed by atoms with Crippen LogP contribution in [0.2, 0.25) is 0 Å². The molecule has 0 aliphatic carbocycles. The van der Waals surface area contributed by atoms with Gasteiger partial charge in [0.05, 0.1) is 12.5 Å². The topological polar surface area (TPSA) is 65.1 Å². The Bertz CT molecular complexity index is 662. The smallest absolute Gasteiger partial charge is 0.224 e. The van der Waals surface area contributed by atoms with E-state index in [4.69, 9.17) is 0 Å². The van der Waals surface area contributed by atoms with Gasteiger partial charge in [-0.2, -0.15) is 0 Å². The predicted molar refractivity (Wildman–Crippen MR) is 85.0 cm³/mol. The normalized spacial score (nSPS) is 13.3. The molecular formula is C17H23FN2O2. The molecule has 0 bridgehead atoms. The Morgan fingerprint density at radius 3 is 2.86 bits per heavy atom. The Balaban J connectivity index is 1.96. The van der Waals surface area contributed by atoms with Gasteiger partial charge in [-0.1, -0.05) is 13.8 Å². The van der Waals surface area contributed by atoms with Crippen LogP contribution in [0.5, 0.6) is 0 Å². The van der Waals surface area contributed by atoms with Gasteiger partial charge >= 0.3 is 0 Å². The van der Waals surface area contributed by atoms with E-state index in [2.05, 4.69) is 10.3 Å². The number of hydrogen-bond donors (Lipinski definition) is 3. The van der Waals surface area contributed by atoms with E-state index in [9.17, 15) is 14.3 Å². The van der Waals surface area contributed by atoms with E-state index in [1.165, 1.54) is 12.1 Å². The van der Waals surface area contributed by atoms with E-state index >= 15 is 0 Å². The summed E-state index contributed by atoms with van der Waals surface area (Å²) in [6, 6.07) is 4.49. The molecule has 0 saturated heterocycles. The number of carbonyl (C=O) groups is 1. The van der Waals surface area contributed by atoms with Crippen LogP contribution >= 0.6 is 0 Å². The zero-order chi connectivity index (χ0) is 16.3. The Hall–Kier alpha value is -1.88. The molecule has 1 aromatic carbocycles. The maximum atomic E-state index is 13.1. The van der Waals surface area contributed by atoms with Gasteiger partial charge in [-0.3, -0.25) is 4.79 Å². The molecule has 0 radical (unpaired) electrons.